The number of nitrogens with zero attached hydrogens (tertiary/aromatic N) is 4. The second-order valence-electron chi connectivity index (χ2n) is 11.4. The minimum atomic E-state index is -4.72. The Balaban J connectivity index is 0.000000429. The van der Waals surface area contributed by atoms with Gasteiger partial charge in [0.25, 0.3) is 5.62 Å². The van der Waals surface area contributed by atoms with Crippen molar-refractivity contribution in [1.29, 1.82) is 5.41 Å². The number of carbonyl (C=O) groups is 2. The fourth-order valence-corrected chi connectivity index (χ4v) is 5.22. The number of rotatable bonds is 4. The van der Waals surface area contributed by atoms with Crippen LogP contribution in [0.2, 0.25) is 0 Å². The van der Waals surface area contributed by atoms with Gasteiger partial charge in [-0.3, -0.25) is 9.98 Å². The molecule has 1 saturated carbocycles. The molecule has 53 heavy (non-hydrogen) atoms. The van der Waals surface area contributed by atoms with Crippen molar-refractivity contribution in [3.05, 3.63) is 69.7 Å². The molecule has 294 valence electrons. The number of anilines is 2. The van der Waals surface area contributed by atoms with E-state index in [2.05, 4.69) is 14.9 Å². The molecule has 2 aromatic carbocycles. The molecule has 0 bridgehead atoms. The Labute approximate surface area is 309 Å². The molecule has 0 atom stereocenters. The number of hydrogen-bond acceptors (Lipinski definition) is 13. The molecular weight excluding hydrogens is 907 g/mol. The number of aromatic amines is 1. The smallest absolute Gasteiger partial charge is 0.549 e. The van der Waals surface area contributed by atoms with Crippen LogP contribution in [0.3, 0.4) is 0 Å². The molecule has 1 aliphatic carbocycles. The molecule has 4 aromatic rings. The van der Waals surface area contributed by atoms with Crippen LogP contribution >= 0.6 is 0 Å². The van der Waals surface area contributed by atoms with E-state index in [9.17, 15) is 61.3 Å². The van der Waals surface area contributed by atoms with E-state index in [0.29, 0.717) is 45.8 Å². The van der Waals surface area contributed by atoms with Crippen LogP contribution in [0.25, 0.3) is 16.7 Å². The number of carboxylic acids is 2. The van der Waals surface area contributed by atoms with Gasteiger partial charge in [0.15, 0.2) is 0 Å². The molecule has 0 unspecified atom stereocenters. The first-order valence-corrected chi connectivity index (χ1v) is 14.8. The van der Waals surface area contributed by atoms with Gasteiger partial charge in [-0.2, -0.15) is 31.3 Å². The first-order valence-electron chi connectivity index (χ1n) is 14.8. The summed E-state index contributed by atoms with van der Waals surface area (Å²) in [6.07, 6.45) is -4.91. The van der Waals surface area contributed by atoms with Gasteiger partial charge in [0, 0.05) is 24.6 Å². The predicted octanol–water partition coefficient (Wildman–Crippen LogP) is 2.21. The van der Waals surface area contributed by atoms with Gasteiger partial charge in [-0.25, -0.2) is 4.79 Å². The average Bonchev–Trinajstić information content (AvgIpc) is 3.33. The van der Waals surface area contributed by atoms with E-state index in [1.165, 1.54) is 6.42 Å². The van der Waals surface area contributed by atoms with Crippen LogP contribution in [0, 0.1) is 10.8 Å². The molecule has 2 aliphatic rings. The number of fused-ring (bicyclic) bond motifs is 1. The first-order chi connectivity index (χ1) is 23.3. The quantitative estimate of drug-likeness (QED) is 0.0881. The molecule has 23 heteroatoms. The number of nitrogen functional groups attached to an aromatic ring is 1. The number of aliphatic carboxylic acids is 2. The number of hydrogen-bond donors (Lipinski definition) is 7. The van der Waals surface area contributed by atoms with Crippen molar-refractivity contribution in [3.63, 3.8) is 0 Å². The SMILES string of the molecule is N.N.N=c1nc(N2CCCCC2)cc(N)n1O.O=C([O-])C1(C(=O)[O-])CCC1.O=c1[nH]c2cc(C(F)(F)F)ccc2n1-c1cc(C(F)(F)F)ccc1O.[Pt+2]. The number of phenols is 1. The number of halogens is 6. The Bertz CT molecular complexity index is 2010. The summed E-state index contributed by atoms with van der Waals surface area (Å²) in [5.74, 6) is -2.83. The monoisotopic (exact) mass is 942 g/mol. The molecule has 0 amide bonds. The summed E-state index contributed by atoms with van der Waals surface area (Å²) >= 11 is 0. The number of carbonyl (C=O) groups excluding carboxylic acids is 2. The number of aromatic nitrogens is 4. The van der Waals surface area contributed by atoms with Crippen LogP contribution in [0.4, 0.5) is 38.0 Å². The summed E-state index contributed by atoms with van der Waals surface area (Å²) in [7, 11) is 0. The third-order valence-corrected chi connectivity index (χ3v) is 8.16. The van der Waals surface area contributed by atoms with Gasteiger partial charge < -0.3 is 58.0 Å². The molecule has 0 spiro atoms. The summed E-state index contributed by atoms with van der Waals surface area (Å²) in [6.45, 7) is 1.89. The number of imidazole rings is 1. The summed E-state index contributed by atoms with van der Waals surface area (Å²) in [6, 6.07) is 5.82. The van der Waals surface area contributed by atoms with Crippen molar-refractivity contribution in [1.82, 2.24) is 31.6 Å². The summed E-state index contributed by atoms with van der Waals surface area (Å²) in [4.78, 5) is 40.7. The van der Waals surface area contributed by atoms with E-state index in [0.717, 1.165) is 38.1 Å². The Hall–Kier alpha value is -5.08. The third-order valence-electron chi connectivity index (χ3n) is 8.16. The second-order valence-corrected chi connectivity index (χ2v) is 11.4. The zero-order chi connectivity index (χ0) is 37.2. The van der Waals surface area contributed by atoms with Gasteiger partial charge in [0.05, 0.1) is 39.8 Å². The van der Waals surface area contributed by atoms with Crippen molar-refractivity contribution in [2.24, 2.45) is 5.41 Å². The number of H-pyrrole nitrogens is 1. The van der Waals surface area contributed by atoms with Gasteiger partial charge in [-0.05, 0) is 68.5 Å². The summed E-state index contributed by atoms with van der Waals surface area (Å²) in [5, 5.41) is 46.9. The molecule has 2 aromatic heterocycles. The Morgan fingerprint density at radius 3 is 1.87 bits per heavy atom. The largest absolute Gasteiger partial charge is 2.00 e. The normalized spacial score (nSPS) is 14.7. The van der Waals surface area contributed by atoms with Crippen molar-refractivity contribution in [3.8, 4) is 11.4 Å². The number of piperidine rings is 1. The maximum atomic E-state index is 12.8. The minimum absolute atomic E-state index is 0. The molecule has 1 aliphatic heterocycles. The Morgan fingerprint density at radius 2 is 1.42 bits per heavy atom. The molecule has 0 radical (unpaired) electrons. The van der Waals surface area contributed by atoms with Crippen molar-refractivity contribution in [2.75, 3.05) is 23.7 Å². The summed E-state index contributed by atoms with van der Waals surface area (Å²) in [5.41, 5.74) is -0.288. The third kappa shape index (κ3) is 10.1. The van der Waals surface area contributed by atoms with Crippen LogP contribution in [-0.4, -0.2) is 54.6 Å². The summed E-state index contributed by atoms with van der Waals surface area (Å²) < 4.78 is 78.0. The fourth-order valence-electron chi connectivity index (χ4n) is 5.22. The molecule has 16 nitrogen and oxygen atoms in total. The molecule has 6 rings (SSSR count). The Morgan fingerprint density at radius 1 is 0.887 bits per heavy atom. The van der Waals surface area contributed by atoms with Crippen LogP contribution < -0.4 is 44.5 Å². The van der Waals surface area contributed by atoms with E-state index in [-0.39, 0.29) is 68.7 Å². The Kier molecular flexibility index (Phi) is 15.3. The van der Waals surface area contributed by atoms with Gasteiger partial charge in [-0.1, -0.05) is 6.42 Å². The molecular formula is C30H35F6N9O7Pt. The maximum absolute atomic E-state index is 12.8. The van der Waals surface area contributed by atoms with Gasteiger partial charge >= 0.3 is 39.1 Å². The van der Waals surface area contributed by atoms with E-state index in [4.69, 9.17) is 11.1 Å². The van der Waals surface area contributed by atoms with Crippen LogP contribution in [0.5, 0.6) is 5.75 Å². The predicted molar refractivity (Wildman–Crippen MR) is 168 cm³/mol. The minimum Gasteiger partial charge on any atom is -0.549 e. The van der Waals surface area contributed by atoms with Crippen LogP contribution in [0.15, 0.2) is 47.3 Å². The standard InChI is InChI=1S/C15H8F6N2O2.C9H15N5O.C6H8O4.2H3N.Pt/c16-14(17,18)7-1-3-10-9(5-7)22-13(25)23(10)11-6-8(15(19,20)21)2-4-12(11)24;10-7-6-8(12-9(11)14(7)15)13-4-2-1-3-5-13;7-4(8)6(5(9)10)2-1-3-6;;;/h1-6,24H,(H,22,25);6,11,15H,1-5,10H2;1-3H2,(H,7,8)(H,9,10);2*1H3;/q;;;;;+2/p-2. The zero-order valence-electron chi connectivity index (χ0n) is 27.5. The van der Waals surface area contributed by atoms with Crippen molar-refractivity contribution >= 4 is 34.6 Å². The number of benzene rings is 2. The first kappa shape index (κ1) is 45.9. The maximum Gasteiger partial charge on any atom is 2.00 e. The molecule has 2 fully saturated rings. The van der Waals surface area contributed by atoms with Gasteiger partial charge in [0.2, 0.25) is 0 Å². The second kappa shape index (κ2) is 17.6. The van der Waals surface area contributed by atoms with Crippen LogP contribution in [0.1, 0.15) is 49.7 Å². The van der Waals surface area contributed by atoms with Crippen molar-refractivity contribution < 1.29 is 77.5 Å². The zero-order valence-corrected chi connectivity index (χ0v) is 29.8. The number of nitrogens with two attached hydrogens (primary N) is 1. The van der Waals surface area contributed by atoms with Crippen LogP contribution in [-0.2, 0) is 43.0 Å². The number of alkyl halides is 6. The van der Waals surface area contributed by atoms with Crippen molar-refractivity contribution in [2.45, 2.75) is 50.9 Å². The number of carboxylic acid groups (broad SMARTS) is 2. The van der Waals surface area contributed by atoms with Gasteiger partial charge in [0.1, 0.15) is 17.4 Å². The molecule has 12 N–H and O–H groups in total. The van der Waals surface area contributed by atoms with E-state index >= 15 is 0 Å². The van der Waals surface area contributed by atoms with E-state index in [1.807, 2.05) is 0 Å². The topological polar surface area (TPSA) is 299 Å². The molecule has 3 heterocycles. The number of phenolic OH excluding ortho intramolecular Hbond substituents is 1. The average molecular weight is 943 g/mol. The fraction of sp³-hybridized carbons (Fsp3) is 0.367. The van der Waals surface area contributed by atoms with Gasteiger partial charge in [-0.15, -0.1) is 4.73 Å². The molecule has 1 saturated heterocycles. The number of aromatic hydroxyl groups is 1. The number of nitrogens with one attached hydrogen (secondary N) is 2. The van der Waals surface area contributed by atoms with E-state index in [1.54, 1.807) is 6.07 Å². The van der Waals surface area contributed by atoms with E-state index < -0.39 is 58.0 Å².